The Bertz CT molecular complexity index is 470. The summed E-state index contributed by atoms with van der Waals surface area (Å²) < 4.78 is 5.22. The Morgan fingerprint density at radius 1 is 1.37 bits per heavy atom. The van der Waals surface area contributed by atoms with Gasteiger partial charge in [0.15, 0.2) is 0 Å². The molecular formula is C14H19N3O2. The molecular weight excluding hydrogens is 242 g/mol. The fraction of sp³-hybridized carbons (Fsp3) is 0.500. The molecule has 1 fully saturated rings. The van der Waals surface area contributed by atoms with Crippen molar-refractivity contribution in [1.82, 2.24) is 16.0 Å². The zero-order valence-electron chi connectivity index (χ0n) is 10.9. The number of carbonyl (C=O) groups is 1. The van der Waals surface area contributed by atoms with E-state index in [2.05, 4.69) is 34.1 Å². The summed E-state index contributed by atoms with van der Waals surface area (Å²) >= 11 is 0. The van der Waals surface area contributed by atoms with Gasteiger partial charge in [-0.3, -0.25) is 0 Å². The number of nitrogens with one attached hydrogen (secondary N) is 3. The zero-order valence-corrected chi connectivity index (χ0v) is 10.9. The number of carbonyl (C=O) groups excluding carboxylic acids is 1. The molecule has 3 N–H and O–H groups in total. The zero-order chi connectivity index (χ0) is 13.1. The summed E-state index contributed by atoms with van der Waals surface area (Å²) in [4.78, 5) is 11.7. The van der Waals surface area contributed by atoms with Crippen LogP contribution in [0, 0.1) is 0 Å². The highest BCUT2D eigenvalue weighted by Crippen LogP contribution is 2.16. The molecule has 1 aromatic carbocycles. The van der Waals surface area contributed by atoms with E-state index in [-0.39, 0.29) is 12.1 Å². The SMILES string of the molecule is O=C(NCc1ccc2c(c1)CNC2)NC1CCOC1. The number of urea groups is 1. The molecule has 102 valence electrons. The van der Waals surface area contributed by atoms with Gasteiger partial charge in [0.05, 0.1) is 12.6 Å². The molecule has 5 nitrogen and oxygen atoms in total. The lowest BCUT2D eigenvalue weighted by molar-refractivity contribution is 0.188. The molecule has 2 amide bonds. The Labute approximate surface area is 112 Å². The van der Waals surface area contributed by atoms with Crippen LogP contribution < -0.4 is 16.0 Å². The third-order valence-electron chi connectivity index (χ3n) is 3.62. The second-order valence-corrected chi connectivity index (χ2v) is 5.09. The molecule has 2 aliphatic rings. The number of fused-ring (bicyclic) bond motifs is 1. The third kappa shape index (κ3) is 3.05. The van der Waals surface area contributed by atoms with Crippen LogP contribution >= 0.6 is 0 Å². The van der Waals surface area contributed by atoms with Gasteiger partial charge in [0, 0.05) is 26.2 Å². The first-order valence-electron chi connectivity index (χ1n) is 6.75. The Morgan fingerprint density at radius 2 is 2.26 bits per heavy atom. The highest BCUT2D eigenvalue weighted by atomic mass is 16.5. The first-order valence-corrected chi connectivity index (χ1v) is 6.75. The van der Waals surface area contributed by atoms with Crippen LogP contribution in [0.4, 0.5) is 4.79 Å². The molecule has 0 bridgehead atoms. The van der Waals surface area contributed by atoms with Gasteiger partial charge in [-0.2, -0.15) is 0 Å². The van der Waals surface area contributed by atoms with Crippen LogP contribution in [0.5, 0.6) is 0 Å². The maximum Gasteiger partial charge on any atom is 0.315 e. The summed E-state index contributed by atoms with van der Waals surface area (Å²) in [5.41, 5.74) is 3.83. The highest BCUT2D eigenvalue weighted by molar-refractivity contribution is 5.74. The summed E-state index contributed by atoms with van der Waals surface area (Å²) in [5.74, 6) is 0. The Morgan fingerprint density at radius 3 is 3.11 bits per heavy atom. The molecule has 19 heavy (non-hydrogen) atoms. The van der Waals surface area contributed by atoms with E-state index in [0.717, 1.165) is 31.7 Å². The lowest BCUT2D eigenvalue weighted by atomic mass is 10.1. The van der Waals surface area contributed by atoms with Crippen LogP contribution in [0.2, 0.25) is 0 Å². The average Bonchev–Trinajstić information content (AvgIpc) is 3.06. The van der Waals surface area contributed by atoms with E-state index in [1.165, 1.54) is 11.1 Å². The van der Waals surface area contributed by atoms with Crippen molar-refractivity contribution in [1.29, 1.82) is 0 Å². The van der Waals surface area contributed by atoms with E-state index in [0.29, 0.717) is 13.2 Å². The van der Waals surface area contributed by atoms with Gasteiger partial charge in [-0.1, -0.05) is 18.2 Å². The van der Waals surface area contributed by atoms with Gasteiger partial charge in [0.25, 0.3) is 0 Å². The minimum absolute atomic E-state index is 0.117. The van der Waals surface area contributed by atoms with E-state index < -0.39 is 0 Å². The van der Waals surface area contributed by atoms with Gasteiger partial charge in [-0.25, -0.2) is 4.79 Å². The Hall–Kier alpha value is -1.59. The molecule has 0 saturated carbocycles. The highest BCUT2D eigenvalue weighted by Gasteiger charge is 2.17. The monoisotopic (exact) mass is 261 g/mol. The van der Waals surface area contributed by atoms with Gasteiger partial charge in [-0.05, 0) is 23.1 Å². The molecule has 1 atom stereocenters. The van der Waals surface area contributed by atoms with Crippen molar-refractivity contribution in [3.63, 3.8) is 0 Å². The van der Waals surface area contributed by atoms with Crippen molar-refractivity contribution >= 4 is 6.03 Å². The molecule has 1 aromatic rings. The van der Waals surface area contributed by atoms with Crippen LogP contribution in [-0.4, -0.2) is 25.3 Å². The molecule has 2 heterocycles. The summed E-state index contributed by atoms with van der Waals surface area (Å²) in [6, 6.07) is 6.41. The van der Waals surface area contributed by atoms with Crippen LogP contribution in [-0.2, 0) is 24.4 Å². The van der Waals surface area contributed by atoms with E-state index in [1.54, 1.807) is 0 Å². The van der Waals surface area contributed by atoms with Crippen LogP contribution in [0.1, 0.15) is 23.1 Å². The van der Waals surface area contributed by atoms with Gasteiger partial charge in [-0.15, -0.1) is 0 Å². The second kappa shape index (κ2) is 5.59. The largest absolute Gasteiger partial charge is 0.379 e. The lowest BCUT2D eigenvalue weighted by Gasteiger charge is -2.12. The lowest BCUT2D eigenvalue weighted by Crippen LogP contribution is -2.42. The van der Waals surface area contributed by atoms with Crippen molar-refractivity contribution in [2.45, 2.75) is 32.1 Å². The molecule has 5 heteroatoms. The predicted molar refractivity (Wildman–Crippen MR) is 71.6 cm³/mol. The topological polar surface area (TPSA) is 62.4 Å². The second-order valence-electron chi connectivity index (χ2n) is 5.09. The smallest absolute Gasteiger partial charge is 0.315 e. The van der Waals surface area contributed by atoms with Crippen molar-refractivity contribution < 1.29 is 9.53 Å². The maximum atomic E-state index is 11.7. The number of rotatable bonds is 3. The fourth-order valence-electron chi connectivity index (χ4n) is 2.53. The minimum Gasteiger partial charge on any atom is -0.379 e. The summed E-state index contributed by atoms with van der Waals surface area (Å²) in [6.45, 7) is 3.80. The molecule has 3 rings (SSSR count). The standard InChI is InChI=1S/C14H19N3O2/c18-14(17-13-3-4-19-9-13)16-6-10-1-2-11-7-15-8-12(11)5-10/h1-2,5,13,15H,3-4,6-9H2,(H2,16,17,18). The molecule has 1 saturated heterocycles. The van der Waals surface area contributed by atoms with Gasteiger partial charge >= 0.3 is 6.03 Å². The van der Waals surface area contributed by atoms with Crippen molar-refractivity contribution in [2.75, 3.05) is 13.2 Å². The van der Waals surface area contributed by atoms with Crippen LogP contribution in [0.25, 0.3) is 0 Å². The van der Waals surface area contributed by atoms with Gasteiger partial charge < -0.3 is 20.7 Å². The first-order chi connectivity index (χ1) is 9.31. The minimum atomic E-state index is -0.117. The number of ether oxygens (including phenoxy) is 1. The van der Waals surface area contributed by atoms with E-state index in [1.807, 2.05) is 0 Å². The van der Waals surface area contributed by atoms with Crippen LogP contribution in [0.3, 0.4) is 0 Å². The summed E-state index contributed by atoms with van der Waals surface area (Å²) in [5, 5.41) is 9.12. The van der Waals surface area contributed by atoms with E-state index in [9.17, 15) is 4.79 Å². The van der Waals surface area contributed by atoms with Crippen molar-refractivity contribution in [3.05, 3.63) is 34.9 Å². The Balaban J connectivity index is 1.50. The van der Waals surface area contributed by atoms with Crippen molar-refractivity contribution in [3.8, 4) is 0 Å². The van der Waals surface area contributed by atoms with Crippen molar-refractivity contribution in [2.24, 2.45) is 0 Å². The summed E-state index contributed by atoms with van der Waals surface area (Å²) in [7, 11) is 0. The normalized spacial score (nSPS) is 21.2. The summed E-state index contributed by atoms with van der Waals surface area (Å²) in [6.07, 6.45) is 0.901. The van der Waals surface area contributed by atoms with Gasteiger partial charge in [0.1, 0.15) is 0 Å². The first kappa shape index (κ1) is 12.4. The Kier molecular flexibility index (Phi) is 3.66. The average molecular weight is 261 g/mol. The van der Waals surface area contributed by atoms with Crippen LogP contribution in [0.15, 0.2) is 18.2 Å². The number of hydrogen-bond donors (Lipinski definition) is 3. The number of benzene rings is 1. The van der Waals surface area contributed by atoms with E-state index >= 15 is 0 Å². The predicted octanol–water partition coefficient (Wildman–Crippen LogP) is 0.878. The molecule has 0 aliphatic carbocycles. The number of hydrogen-bond acceptors (Lipinski definition) is 3. The van der Waals surface area contributed by atoms with E-state index in [4.69, 9.17) is 4.74 Å². The molecule has 0 spiro atoms. The molecule has 0 aromatic heterocycles. The quantitative estimate of drug-likeness (QED) is 0.757. The maximum absolute atomic E-state index is 11.7. The third-order valence-corrected chi connectivity index (χ3v) is 3.62. The van der Waals surface area contributed by atoms with Gasteiger partial charge in [0.2, 0.25) is 0 Å². The fourth-order valence-corrected chi connectivity index (χ4v) is 2.53. The number of amides is 2. The molecule has 2 aliphatic heterocycles. The molecule has 1 unspecified atom stereocenters. The molecule has 0 radical (unpaired) electrons.